The van der Waals surface area contributed by atoms with Crippen LogP contribution < -0.4 is 11.5 Å². The van der Waals surface area contributed by atoms with E-state index in [9.17, 15) is 9.59 Å². The molecule has 0 bridgehead atoms. The zero-order valence-electron chi connectivity index (χ0n) is 11.2. The van der Waals surface area contributed by atoms with Crippen molar-refractivity contribution in [2.24, 2.45) is 11.5 Å². The highest BCUT2D eigenvalue weighted by Gasteiger charge is 2.14. The van der Waals surface area contributed by atoms with Gasteiger partial charge in [-0.05, 0) is 24.6 Å². The minimum atomic E-state index is -0.696. The zero-order chi connectivity index (χ0) is 14.0. The molecule has 21 heavy (non-hydrogen) atoms. The summed E-state index contributed by atoms with van der Waals surface area (Å²) < 4.78 is 0. The largest absolute Gasteiger partial charge is 0.364 e. The standard InChI is InChI=1S/C14H13N3O2.2ClH/c1-8-2-4-9(5-3-8)10-6-7-11(13(15)18)17-12(10)14(16)19;;/h2-7H,1H3,(H2,15,18)(H2,16,19);2*1H. The fourth-order valence-electron chi connectivity index (χ4n) is 1.75. The highest BCUT2D eigenvalue weighted by atomic mass is 35.5. The Morgan fingerprint density at radius 2 is 1.48 bits per heavy atom. The van der Waals surface area contributed by atoms with Crippen LogP contribution in [0.15, 0.2) is 36.4 Å². The van der Waals surface area contributed by atoms with Gasteiger partial charge < -0.3 is 11.5 Å². The Morgan fingerprint density at radius 1 is 0.905 bits per heavy atom. The minimum Gasteiger partial charge on any atom is -0.364 e. The first kappa shape index (κ1) is 18.9. The number of pyridine rings is 1. The lowest BCUT2D eigenvalue weighted by molar-refractivity contribution is 0.0993. The highest BCUT2D eigenvalue weighted by Crippen LogP contribution is 2.23. The van der Waals surface area contributed by atoms with Gasteiger partial charge in [-0.15, -0.1) is 24.8 Å². The van der Waals surface area contributed by atoms with E-state index in [0.29, 0.717) is 5.56 Å². The van der Waals surface area contributed by atoms with E-state index in [4.69, 9.17) is 11.5 Å². The van der Waals surface area contributed by atoms with Gasteiger partial charge in [-0.1, -0.05) is 29.8 Å². The van der Waals surface area contributed by atoms with Crippen molar-refractivity contribution in [1.29, 1.82) is 0 Å². The summed E-state index contributed by atoms with van der Waals surface area (Å²) in [5.41, 5.74) is 13.0. The van der Waals surface area contributed by atoms with E-state index in [0.717, 1.165) is 11.1 Å². The second-order valence-electron chi connectivity index (χ2n) is 4.19. The van der Waals surface area contributed by atoms with E-state index in [2.05, 4.69) is 4.98 Å². The third kappa shape index (κ3) is 4.18. The molecule has 2 aromatic rings. The van der Waals surface area contributed by atoms with Crippen LogP contribution in [-0.4, -0.2) is 16.8 Å². The second kappa shape index (κ2) is 7.61. The maximum absolute atomic E-state index is 11.4. The first-order chi connectivity index (χ1) is 8.99. The molecule has 0 aliphatic rings. The number of rotatable bonds is 3. The van der Waals surface area contributed by atoms with Gasteiger partial charge >= 0.3 is 0 Å². The molecule has 4 N–H and O–H groups in total. The van der Waals surface area contributed by atoms with Gasteiger partial charge in [0.25, 0.3) is 11.8 Å². The average molecular weight is 328 g/mol. The zero-order valence-corrected chi connectivity index (χ0v) is 12.8. The molecule has 0 fully saturated rings. The number of hydrogen-bond acceptors (Lipinski definition) is 3. The lowest BCUT2D eigenvalue weighted by Crippen LogP contribution is -2.19. The Hall–Kier alpha value is -2.11. The predicted molar refractivity (Wildman–Crippen MR) is 85.9 cm³/mol. The summed E-state index contributed by atoms with van der Waals surface area (Å²) in [4.78, 5) is 26.4. The second-order valence-corrected chi connectivity index (χ2v) is 4.19. The summed E-state index contributed by atoms with van der Waals surface area (Å²) in [6.07, 6.45) is 0. The van der Waals surface area contributed by atoms with E-state index in [1.54, 1.807) is 6.07 Å². The molecular weight excluding hydrogens is 313 g/mol. The number of benzene rings is 1. The number of amides is 2. The average Bonchev–Trinajstić information content (AvgIpc) is 2.38. The van der Waals surface area contributed by atoms with Crippen LogP contribution in [0.3, 0.4) is 0 Å². The number of halogens is 2. The normalized spacial score (nSPS) is 9.19. The van der Waals surface area contributed by atoms with Crippen molar-refractivity contribution < 1.29 is 9.59 Å². The maximum atomic E-state index is 11.4. The van der Waals surface area contributed by atoms with E-state index in [1.165, 1.54) is 6.07 Å². The Bertz CT molecular complexity index is 658. The summed E-state index contributed by atoms with van der Waals surface area (Å²) in [5, 5.41) is 0. The molecule has 0 aliphatic heterocycles. The Kier molecular flexibility index (Phi) is 6.85. The van der Waals surface area contributed by atoms with Crippen LogP contribution in [-0.2, 0) is 0 Å². The quantitative estimate of drug-likeness (QED) is 0.902. The van der Waals surface area contributed by atoms with Gasteiger partial charge in [0.1, 0.15) is 11.4 Å². The summed E-state index contributed by atoms with van der Waals surface area (Å²) >= 11 is 0. The molecular formula is C14H15Cl2N3O2. The lowest BCUT2D eigenvalue weighted by Gasteiger charge is -2.07. The first-order valence-corrected chi connectivity index (χ1v) is 5.66. The third-order valence-corrected chi connectivity index (χ3v) is 2.74. The van der Waals surface area contributed by atoms with Crippen molar-refractivity contribution in [3.8, 4) is 11.1 Å². The highest BCUT2D eigenvalue weighted by molar-refractivity contribution is 6.00. The molecule has 2 amide bonds. The van der Waals surface area contributed by atoms with Crippen molar-refractivity contribution in [3.63, 3.8) is 0 Å². The maximum Gasteiger partial charge on any atom is 0.267 e. The van der Waals surface area contributed by atoms with Gasteiger partial charge in [-0.3, -0.25) is 9.59 Å². The van der Waals surface area contributed by atoms with E-state index < -0.39 is 11.8 Å². The molecule has 0 radical (unpaired) electrons. The molecule has 2 rings (SSSR count). The van der Waals surface area contributed by atoms with Crippen molar-refractivity contribution >= 4 is 36.6 Å². The van der Waals surface area contributed by atoms with Gasteiger partial charge in [0.2, 0.25) is 0 Å². The SMILES string of the molecule is Cc1ccc(-c2ccc(C(N)=O)nc2C(N)=O)cc1.Cl.Cl. The van der Waals surface area contributed by atoms with Crippen LogP contribution in [0.2, 0.25) is 0 Å². The van der Waals surface area contributed by atoms with Crippen LogP contribution in [0, 0.1) is 6.92 Å². The summed E-state index contributed by atoms with van der Waals surface area (Å²) in [7, 11) is 0. The van der Waals surface area contributed by atoms with Gasteiger partial charge in [0.15, 0.2) is 0 Å². The van der Waals surface area contributed by atoms with Crippen LogP contribution in [0.5, 0.6) is 0 Å². The van der Waals surface area contributed by atoms with E-state index in [1.807, 2.05) is 31.2 Å². The molecule has 0 atom stereocenters. The fraction of sp³-hybridized carbons (Fsp3) is 0.0714. The van der Waals surface area contributed by atoms with Crippen LogP contribution in [0.25, 0.3) is 11.1 Å². The van der Waals surface area contributed by atoms with Crippen molar-refractivity contribution in [2.75, 3.05) is 0 Å². The van der Waals surface area contributed by atoms with Crippen molar-refractivity contribution in [3.05, 3.63) is 53.3 Å². The number of carbonyl (C=O) groups excluding carboxylic acids is 2. The number of carbonyl (C=O) groups is 2. The van der Waals surface area contributed by atoms with Crippen LogP contribution in [0.1, 0.15) is 26.5 Å². The Balaban J connectivity index is 0.00000200. The van der Waals surface area contributed by atoms with Gasteiger partial charge in [-0.25, -0.2) is 4.98 Å². The number of nitrogens with two attached hydrogens (primary N) is 2. The summed E-state index contributed by atoms with van der Waals surface area (Å²) in [5.74, 6) is -1.39. The Morgan fingerprint density at radius 3 is 1.95 bits per heavy atom. The Labute approximate surface area is 134 Å². The number of aromatic nitrogens is 1. The molecule has 0 saturated carbocycles. The predicted octanol–water partition coefficient (Wildman–Crippen LogP) is 2.10. The molecule has 5 nitrogen and oxygen atoms in total. The molecule has 112 valence electrons. The summed E-state index contributed by atoms with van der Waals surface area (Å²) in [6.45, 7) is 1.97. The smallest absolute Gasteiger partial charge is 0.267 e. The monoisotopic (exact) mass is 327 g/mol. The number of primary amides is 2. The molecule has 0 unspecified atom stereocenters. The van der Waals surface area contributed by atoms with Gasteiger partial charge in [-0.2, -0.15) is 0 Å². The lowest BCUT2D eigenvalue weighted by atomic mass is 10.0. The molecule has 0 saturated heterocycles. The van der Waals surface area contributed by atoms with E-state index in [-0.39, 0.29) is 36.2 Å². The minimum absolute atomic E-state index is 0. The van der Waals surface area contributed by atoms with Gasteiger partial charge in [0, 0.05) is 5.56 Å². The topological polar surface area (TPSA) is 99.1 Å². The van der Waals surface area contributed by atoms with Crippen molar-refractivity contribution in [1.82, 2.24) is 4.98 Å². The van der Waals surface area contributed by atoms with Crippen LogP contribution in [0.4, 0.5) is 0 Å². The molecule has 1 aromatic heterocycles. The molecule has 0 aliphatic carbocycles. The fourth-order valence-corrected chi connectivity index (χ4v) is 1.75. The van der Waals surface area contributed by atoms with Gasteiger partial charge in [0.05, 0.1) is 0 Å². The third-order valence-electron chi connectivity index (χ3n) is 2.74. The van der Waals surface area contributed by atoms with E-state index >= 15 is 0 Å². The molecule has 7 heteroatoms. The number of nitrogens with zero attached hydrogens (tertiary/aromatic N) is 1. The van der Waals surface area contributed by atoms with Crippen LogP contribution >= 0.6 is 24.8 Å². The molecule has 1 heterocycles. The summed E-state index contributed by atoms with van der Waals surface area (Å²) in [6, 6.07) is 10.7. The number of hydrogen-bond donors (Lipinski definition) is 2. The number of aryl methyl sites for hydroxylation is 1. The van der Waals surface area contributed by atoms with Crippen molar-refractivity contribution in [2.45, 2.75) is 6.92 Å². The first-order valence-electron chi connectivity index (χ1n) is 5.66. The molecule has 0 spiro atoms. The molecule has 1 aromatic carbocycles.